The summed E-state index contributed by atoms with van der Waals surface area (Å²) in [5, 5.41) is 9.66. The first-order valence-electron chi connectivity index (χ1n) is 7.74. The van der Waals surface area contributed by atoms with Crippen molar-refractivity contribution in [3.63, 3.8) is 0 Å². The summed E-state index contributed by atoms with van der Waals surface area (Å²) in [6.07, 6.45) is 4.30. The van der Waals surface area contributed by atoms with E-state index < -0.39 is 6.10 Å². The molecule has 1 aromatic rings. The zero-order valence-electron chi connectivity index (χ0n) is 12.8. The van der Waals surface area contributed by atoms with Crippen LogP contribution in [0.1, 0.15) is 54.9 Å². The van der Waals surface area contributed by atoms with E-state index in [1.807, 2.05) is 4.90 Å². The Labute approximate surface area is 125 Å². The first kappa shape index (κ1) is 16.0. The lowest BCUT2D eigenvalue weighted by atomic mass is 10.0. The van der Waals surface area contributed by atoms with E-state index in [1.54, 1.807) is 26.0 Å². The van der Waals surface area contributed by atoms with E-state index in [0.29, 0.717) is 24.1 Å². The molecule has 0 aromatic heterocycles. The van der Waals surface area contributed by atoms with Crippen molar-refractivity contribution in [1.29, 1.82) is 0 Å². The minimum atomic E-state index is -0.418. The van der Waals surface area contributed by atoms with Crippen LogP contribution in [0.15, 0.2) is 18.2 Å². The Bertz CT molecular complexity index is 502. The van der Waals surface area contributed by atoms with E-state index in [0.717, 1.165) is 25.7 Å². The maximum Gasteiger partial charge on any atom is 0.254 e. The van der Waals surface area contributed by atoms with Crippen LogP contribution in [0.25, 0.3) is 0 Å². The van der Waals surface area contributed by atoms with Gasteiger partial charge in [-0.15, -0.1) is 0 Å². The maximum atomic E-state index is 13.4. The van der Waals surface area contributed by atoms with Crippen LogP contribution in [0.4, 0.5) is 4.39 Å². The number of nitrogens with zero attached hydrogens (tertiary/aromatic N) is 1. The summed E-state index contributed by atoms with van der Waals surface area (Å²) >= 11 is 0. The van der Waals surface area contributed by atoms with E-state index in [2.05, 4.69) is 0 Å². The number of amides is 1. The van der Waals surface area contributed by atoms with Gasteiger partial charge in [0.15, 0.2) is 0 Å². The summed E-state index contributed by atoms with van der Waals surface area (Å²) in [6.45, 7) is 4.14. The van der Waals surface area contributed by atoms with Crippen LogP contribution in [0.2, 0.25) is 0 Å². The smallest absolute Gasteiger partial charge is 0.254 e. The highest BCUT2D eigenvalue weighted by Gasteiger charge is 2.27. The number of benzene rings is 1. The Hall–Kier alpha value is -1.42. The predicted octanol–water partition coefficient (Wildman–Crippen LogP) is 3.29. The van der Waals surface area contributed by atoms with Gasteiger partial charge in [-0.1, -0.05) is 12.8 Å². The molecule has 1 aliphatic heterocycles. The molecule has 2 unspecified atom stereocenters. The van der Waals surface area contributed by atoms with Gasteiger partial charge in [-0.2, -0.15) is 0 Å². The fraction of sp³-hybridized carbons (Fsp3) is 0.588. The molecule has 0 radical (unpaired) electrons. The second-order valence-electron chi connectivity index (χ2n) is 6.05. The zero-order chi connectivity index (χ0) is 15.4. The van der Waals surface area contributed by atoms with Crippen molar-refractivity contribution >= 4 is 5.91 Å². The Morgan fingerprint density at radius 1 is 1.43 bits per heavy atom. The molecule has 1 amide bonds. The predicted molar refractivity (Wildman–Crippen MR) is 80.7 cm³/mol. The lowest BCUT2D eigenvalue weighted by molar-refractivity contribution is 0.0607. The second kappa shape index (κ2) is 7.03. The number of hydrogen-bond donors (Lipinski definition) is 1. The third kappa shape index (κ3) is 4.03. The molecule has 1 aromatic carbocycles. The fourth-order valence-corrected chi connectivity index (χ4v) is 3.03. The summed E-state index contributed by atoms with van der Waals surface area (Å²) in [5.74, 6) is -0.339. The largest absolute Gasteiger partial charge is 0.393 e. The van der Waals surface area contributed by atoms with E-state index in [4.69, 9.17) is 0 Å². The number of aryl methyl sites for hydroxylation is 1. The summed E-state index contributed by atoms with van der Waals surface area (Å²) in [6, 6.07) is 4.59. The molecule has 1 aliphatic rings. The number of carbonyl (C=O) groups is 1. The number of aliphatic hydroxyl groups is 1. The zero-order valence-corrected chi connectivity index (χ0v) is 12.8. The van der Waals surface area contributed by atoms with Crippen molar-refractivity contribution in [3.8, 4) is 0 Å². The maximum absolute atomic E-state index is 13.4. The standard InChI is InChI=1S/C17H24FNO2/c1-12-10-14(7-8-16(12)18)17(21)19-9-5-3-4-6-15(19)11-13(2)20/h7-8,10,13,15,20H,3-6,9,11H2,1-2H3. The third-order valence-corrected chi connectivity index (χ3v) is 4.16. The lowest BCUT2D eigenvalue weighted by Crippen LogP contribution is -2.41. The van der Waals surface area contributed by atoms with Crippen LogP contribution in [0.3, 0.4) is 0 Å². The van der Waals surface area contributed by atoms with Crippen LogP contribution < -0.4 is 0 Å². The van der Waals surface area contributed by atoms with Crippen molar-refractivity contribution in [2.75, 3.05) is 6.54 Å². The molecule has 0 saturated carbocycles. The van der Waals surface area contributed by atoms with Crippen LogP contribution in [-0.4, -0.2) is 34.6 Å². The van der Waals surface area contributed by atoms with Gasteiger partial charge in [0.2, 0.25) is 0 Å². The van der Waals surface area contributed by atoms with E-state index >= 15 is 0 Å². The summed E-state index contributed by atoms with van der Waals surface area (Å²) in [4.78, 5) is 14.6. The molecular formula is C17H24FNO2. The van der Waals surface area contributed by atoms with Crippen molar-refractivity contribution in [3.05, 3.63) is 35.1 Å². The molecular weight excluding hydrogens is 269 g/mol. The van der Waals surface area contributed by atoms with Crippen molar-refractivity contribution in [1.82, 2.24) is 4.90 Å². The van der Waals surface area contributed by atoms with Gasteiger partial charge in [0.25, 0.3) is 5.91 Å². The molecule has 3 nitrogen and oxygen atoms in total. The molecule has 0 spiro atoms. The van der Waals surface area contributed by atoms with Gasteiger partial charge < -0.3 is 10.0 Å². The highest BCUT2D eigenvalue weighted by atomic mass is 19.1. The topological polar surface area (TPSA) is 40.5 Å². The minimum Gasteiger partial charge on any atom is -0.393 e. The molecule has 21 heavy (non-hydrogen) atoms. The molecule has 1 heterocycles. The van der Waals surface area contributed by atoms with Gasteiger partial charge in [0, 0.05) is 18.2 Å². The highest BCUT2D eigenvalue weighted by Crippen LogP contribution is 2.23. The van der Waals surface area contributed by atoms with Crippen LogP contribution >= 0.6 is 0 Å². The van der Waals surface area contributed by atoms with Crippen LogP contribution in [0.5, 0.6) is 0 Å². The first-order chi connectivity index (χ1) is 9.99. The van der Waals surface area contributed by atoms with Gasteiger partial charge in [0.1, 0.15) is 5.82 Å². The molecule has 1 fully saturated rings. The lowest BCUT2D eigenvalue weighted by Gasteiger charge is -2.31. The number of likely N-dealkylation sites (tertiary alicyclic amines) is 1. The summed E-state index contributed by atoms with van der Waals surface area (Å²) in [5.41, 5.74) is 1.02. The van der Waals surface area contributed by atoms with Crippen molar-refractivity contribution in [2.45, 2.75) is 58.1 Å². The van der Waals surface area contributed by atoms with Crippen LogP contribution in [-0.2, 0) is 0 Å². The van der Waals surface area contributed by atoms with E-state index in [9.17, 15) is 14.3 Å². The average molecular weight is 293 g/mol. The van der Waals surface area contributed by atoms with Gasteiger partial charge >= 0.3 is 0 Å². The molecule has 1 N–H and O–H groups in total. The normalized spacial score (nSPS) is 21.0. The van der Waals surface area contributed by atoms with Crippen molar-refractivity contribution in [2.24, 2.45) is 0 Å². The summed E-state index contributed by atoms with van der Waals surface area (Å²) < 4.78 is 13.4. The van der Waals surface area contributed by atoms with Gasteiger partial charge in [-0.05, 0) is 56.9 Å². The van der Waals surface area contributed by atoms with Crippen LogP contribution in [0, 0.1) is 12.7 Å². The Balaban J connectivity index is 2.21. The molecule has 4 heteroatoms. The van der Waals surface area contributed by atoms with E-state index in [1.165, 1.54) is 6.07 Å². The van der Waals surface area contributed by atoms with Gasteiger partial charge in [0.05, 0.1) is 6.10 Å². The third-order valence-electron chi connectivity index (χ3n) is 4.16. The molecule has 116 valence electrons. The highest BCUT2D eigenvalue weighted by molar-refractivity contribution is 5.94. The number of halogens is 1. The Kier molecular flexibility index (Phi) is 5.34. The SMILES string of the molecule is Cc1cc(C(=O)N2CCCCCC2CC(C)O)ccc1F. The number of rotatable bonds is 3. The van der Waals surface area contributed by atoms with Gasteiger partial charge in [-0.3, -0.25) is 4.79 Å². The average Bonchev–Trinajstić information content (AvgIpc) is 2.66. The quantitative estimate of drug-likeness (QED) is 0.929. The Morgan fingerprint density at radius 2 is 2.19 bits per heavy atom. The van der Waals surface area contributed by atoms with E-state index in [-0.39, 0.29) is 17.8 Å². The Morgan fingerprint density at radius 3 is 2.86 bits per heavy atom. The first-order valence-corrected chi connectivity index (χ1v) is 7.74. The number of aliphatic hydroxyl groups excluding tert-OH is 1. The van der Waals surface area contributed by atoms with Crippen molar-refractivity contribution < 1.29 is 14.3 Å². The molecule has 0 bridgehead atoms. The summed E-state index contributed by atoms with van der Waals surface area (Å²) in [7, 11) is 0. The number of carbonyl (C=O) groups excluding carboxylic acids is 1. The molecule has 1 saturated heterocycles. The fourth-order valence-electron chi connectivity index (χ4n) is 3.03. The molecule has 0 aliphatic carbocycles. The molecule has 2 atom stereocenters. The second-order valence-corrected chi connectivity index (χ2v) is 6.05. The monoisotopic (exact) mass is 293 g/mol. The minimum absolute atomic E-state index is 0.0503. The number of hydrogen-bond acceptors (Lipinski definition) is 2. The van der Waals surface area contributed by atoms with Gasteiger partial charge in [-0.25, -0.2) is 4.39 Å². The molecule has 2 rings (SSSR count).